The second-order valence-corrected chi connectivity index (χ2v) is 12.2. The quantitative estimate of drug-likeness (QED) is 0.195. The lowest BCUT2D eigenvalue weighted by Crippen LogP contribution is -2.49. The van der Waals surface area contributed by atoms with Crippen molar-refractivity contribution in [2.45, 2.75) is 22.6 Å². The van der Waals surface area contributed by atoms with Gasteiger partial charge in [-0.05, 0) is 48.6 Å². The molecule has 200 valence electrons. The van der Waals surface area contributed by atoms with Gasteiger partial charge in [0, 0.05) is 61.7 Å². The maximum absolute atomic E-state index is 13.0. The first-order valence-corrected chi connectivity index (χ1v) is 14.8. The minimum atomic E-state index is -3.85. The monoisotopic (exact) mass is 568 g/mol. The van der Waals surface area contributed by atoms with Crippen molar-refractivity contribution in [1.82, 2.24) is 9.21 Å². The van der Waals surface area contributed by atoms with Gasteiger partial charge in [-0.15, -0.1) is 11.8 Å². The third-order valence-electron chi connectivity index (χ3n) is 6.34. The number of hydrogen-bond donors (Lipinski definition) is 0. The van der Waals surface area contributed by atoms with Crippen molar-refractivity contribution < 1.29 is 22.9 Å². The van der Waals surface area contributed by atoms with Crippen LogP contribution in [0.2, 0.25) is 5.02 Å². The van der Waals surface area contributed by atoms with Crippen molar-refractivity contribution in [2.24, 2.45) is 0 Å². The van der Waals surface area contributed by atoms with E-state index in [1.54, 1.807) is 16.7 Å². The summed E-state index contributed by atoms with van der Waals surface area (Å²) in [4.78, 5) is 28.6. The molecule has 2 saturated heterocycles. The lowest BCUT2D eigenvalue weighted by atomic mass is 10.2. The Morgan fingerprint density at radius 1 is 1.03 bits per heavy atom. The third kappa shape index (κ3) is 6.94. The van der Waals surface area contributed by atoms with Crippen LogP contribution >= 0.6 is 23.4 Å². The summed E-state index contributed by atoms with van der Waals surface area (Å²) in [7, 11) is -3.85. The minimum absolute atomic E-state index is 0.0674. The van der Waals surface area contributed by atoms with Crippen LogP contribution in [0.15, 0.2) is 52.3 Å². The number of rotatable bonds is 9. The maximum Gasteiger partial charge on any atom is 0.293 e. The van der Waals surface area contributed by atoms with Crippen LogP contribution in [0.1, 0.15) is 12.8 Å². The summed E-state index contributed by atoms with van der Waals surface area (Å²) in [5.74, 6) is 0.886. The molecule has 0 radical (unpaired) electrons. The Morgan fingerprint density at radius 2 is 1.70 bits per heavy atom. The van der Waals surface area contributed by atoms with Gasteiger partial charge in [0.2, 0.25) is 15.9 Å². The fourth-order valence-corrected chi connectivity index (χ4v) is 6.72. The van der Waals surface area contributed by atoms with Crippen molar-refractivity contribution in [3.8, 4) is 0 Å². The van der Waals surface area contributed by atoms with Gasteiger partial charge in [-0.1, -0.05) is 11.6 Å². The fourth-order valence-electron chi connectivity index (χ4n) is 4.31. The number of nitro groups is 1. The van der Waals surface area contributed by atoms with E-state index in [1.807, 2.05) is 29.2 Å². The lowest BCUT2D eigenvalue weighted by molar-refractivity contribution is -0.384. The van der Waals surface area contributed by atoms with Crippen molar-refractivity contribution >= 4 is 50.7 Å². The van der Waals surface area contributed by atoms with Gasteiger partial charge in [-0.25, -0.2) is 8.42 Å². The second kappa shape index (κ2) is 12.4. The molecule has 2 heterocycles. The molecule has 0 aliphatic carbocycles. The van der Waals surface area contributed by atoms with E-state index in [0.717, 1.165) is 23.1 Å². The predicted octanol–water partition coefficient (Wildman–Crippen LogP) is 3.49. The van der Waals surface area contributed by atoms with E-state index in [2.05, 4.69) is 0 Å². The van der Waals surface area contributed by atoms with E-state index < -0.39 is 14.9 Å². The molecule has 0 atom stereocenters. The summed E-state index contributed by atoms with van der Waals surface area (Å²) in [6, 6.07) is 11.6. The van der Waals surface area contributed by atoms with Crippen LogP contribution in [0.25, 0.3) is 0 Å². The number of halogens is 1. The molecule has 0 N–H and O–H groups in total. The molecule has 0 saturated carbocycles. The first-order chi connectivity index (χ1) is 17.8. The number of carbonyl (C=O) groups excluding carboxylic acids is 1. The van der Waals surface area contributed by atoms with Crippen LogP contribution in [0.5, 0.6) is 0 Å². The molecule has 2 aliphatic heterocycles. The summed E-state index contributed by atoms with van der Waals surface area (Å²) in [6.07, 6.45) is 1.19. The van der Waals surface area contributed by atoms with E-state index in [4.69, 9.17) is 16.3 Å². The number of benzene rings is 2. The zero-order valence-electron chi connectivity index (χ0n) is 20.3. The van der Waals surface area contributed by atoms with Crippen LogP contribution < -0.4 is 4.90 Å². The zero-order chi connectivity index (χ0) is 26.4. The molecule has 2 aromatic carbocycles. The molecule has 0 spiro atoms. The van der Waals surface area contributed by atoms with Crippen LogP contribution in [0.3, 0.4) is 0 Å². The van der Waals surface area contributed by atoms with Gasteiger partial charge in [-0.2, -0.15) is 4.31 Å². The van der Waals surface area contributed by atoms with E-state index in [-0.39, 0.29) is 29.6 Å². The number of morpholine rings is 1. The molecule has 10 nitrogen and oxygen atoms in total. The van der Waals surface area contributed by atoms with Gasteiger partial charge in [0.15, 0.2) is 0 Å². The number of carbonyl (C=O) groups is 1. The minimum Gasteiger partial charge on any atom is -0.379 e. The predicted molar refractivity (Wildman–Crippen MR) is 143 cm³/mol. The van der Waals surface area contributed by atoms with Crippen molar-refractivity contribution in [1.29, 1.82) is 0 Å². The standard InChI is InChI=1S/C24H29ClN4O6S2/c25-19-3-5-20(6-4-19)36-17-1-2-24(30)27-11-9-26(10-12-27)22-8-7-21(18-23(22)29(31)32)37(33,34)28-13-15-35-16-14-28/h3-8,18H,1-2,9-17H2. The summed E-state index contributed by atoms with van der Waals surface area (Å²) in [5, 5.41) is 12.5. The summed E-state index contributed by atoms with van der Waals surface area (Å²) < 4.78 is 32.4. The van der Waals surface area contributed by atoms with Gasteiger partial charge in [-0.3, -0.25) is 14.9 Å². The highest BCUT2D eigenvalue weighted by Crippen LogP contribution is 2.33. The Morgan fingerprint density at radius 3 is 2.35 bits per heavy atom. The first-order valence-electron chi connectivity index (χ1n) is 12.0. The fraction of sp³-hybridized carbons (Fsp3) is 0.458. The number of nitro benzene ring substituents is 1. The highest BCUT2D eigenvalue weighted by molar-refractivity contribution is 7.99. The number of ether oxygens (including phenoxy) is 1. The summed E-state index contributed by atoms with van der Waals surface area (Å²) >= 11 is 7.58. The molecule has 13 heteroatoms. The molecule has 0 unspecified atom stereocenters. The van der Waals surface area contributed by atoms with E-state index >= 15 is 0 Å². The average Bonchev–Trinajstić information content (AvgIpc) is 2.92. The number of piperazine rings is 1. The Kier molecular flexibility index (Phi) is 9.30. The Bertz CT molecular complexity index is 1210. The molecule has 0 aromatic heterocycles. The van der Waals surface area contributed by atoms with Gasteiger partial charge >= 0.3 is 0 Å². The Labute approximate surface area is 225 Å². The van der Waals surface area contributed by atoms with Crippen molar-refractivity contribution in [3.05, 3.63) is 57.6 Å². The van der Waals surface area contributed by atoms with Gasteiger partial charge in [0.05, 0.1) is 23.0 Å². The maximum atomic E-state index is 13.0. The topological polar surface area (TPSA) is 113 Å². The number of thioether (sulfide) groups is 1. The van der Waals surface area contributed by atoms with Crippen molar-refractivity contribution in [2.75, 3.05) is 63.1 Å². The Balaban J connectivity index is 1.32. The molecular weight excluding hydrogens is 540 g/mol. The number of amides is 1. The summed E-state index contributed by atoms with van der Waals surface area (Å²) in [5.41, 5.74) is 0.103. The average molecular weight is 569 g/mol. The van der Waals surface area contributed by atoms with Crippen molar-refractivity contribution in [3.63, 3.8) is 0 Å². The van der Waals surface area contributed by atoms with Gasteiger partial charge < -0.3 is 14.5 Å². The number of sulfonamides is 1. The van der Waals surface area contributed by atoms with Crippen LogP contribution in [-0.4, -0.2) is 86.7 Å². The number of hydrogen-bond acceptors (Lipinski definition) is 8. The third-order valence-corrected chi connectivity index (χ3v) is 9.59. The molecule has 2 aromatic rings. The molecule has 37 heavy (non-hydrogen) atoms. The SMILES string of the molecule is O=C(CCCSc1ccc(Cl)cc1)N1CCN(c2ccc(S(=O)(=O)N3CCOCC3)cc2[N+](=O)[O-])CC1. The zero-order valence-corrected chi connectivity index (χ0v) is 22.6. The first kappa shape index (κ1) is 27.6. The van der Waals surface area contributed by atoms with Crippen LogP contribution in [0, 0.1) is 10.1 Å². The number of nitrogens with zero attached hydrogens (tertiary/aromatic N) is 4. The van der Waals surface area contributed by atoms with E-state index in [1.165, 1.54) is 16.4 Å². The van der Waals surface area contributed by atoms with E-state index in [9.17, 15) is 23.3 Å². The van der Waals surface area contributed by atoms with Crippen LogP contribution in [-0.2, 0) is 19.6 Å². The summed E-state index contributed by atoms with van der Waals surface area (Å²) in [6.45, 7) is 2.79. The Hall–Kier alpha value is -2.38. The molecule has 0 bridgehead atoms. The lowest BCUT2D eigenvalue weighted by Gasteiger charge is -2.36. The highest BCUT2D eigenvalue weighted by Gasteiger charge is 2.31. The van der Waals surface area contributed by atoms with Gasteiger partial charge in [0.1, 0.15) is 5.69 Å². The normalized spacial score (nSPS) is 17.1. The van der Waals surface area contributed by atoms with E-state index in [0.29, 0.717) is 56.5 Å². The number of anilines is 1. The van der Waals surface area contributed by atoms with Crippen LogP contribution in [0.4, 0.5) is 11.4 Å². The molecule has 2 aliphatic rings. The molecule has 2 fully saturated rings. The highest BCUT2D eigenvalue weighted by atomic mass is 35.5. The molecule has 1 amide bonds. The second-order valence-electron chi connectivity index (χ2n) is 8.70. The molecule has 4 rings (SSSR count). The largest absolute Gasteiger partial charge is 0.379 e. The van der Waals surface area contributed by atoms with Gasteiger partial charge in [0.25, 0.3) is 5.69 Å². The molecular formula is C24H29ClN4O6S2. The smallest absolute Gasteiger partial charge is 0.293 e.